The number of epoxide rings is 1. The quantitative estimate of drug-likeness (QED) is 0.329. The molecule has 5 heteroatoms. The summed E-state index contributed by atoms with van der Waals surface area (Å²) in [6.45, 7) is 14.2. The zero-order chi connectivity index (χ0) is 15.9. The van der Waals surface area contributed by atoms with E-state index in [0.29, 0.717) is 25.9 Å². The molecule has 0 aromatic rings. The van der Waals surface area contributed by atoms with Gasteiger partial charge in [-0.1, -0.05) is 11.6 Å². The molecule has 0 spiro atoms. The van der Waals surface area contributed by atoms with E-state index >= 15 is 0 Å². The first kappa shape index (κ1) is 18.8. The lowest BCUT2D eigenvalue weighted by Crippen LogP contribution is -2.46. The number of hydrogen-bond donors (Lipinski definition) is 0. The Morgan fingerprint density at radius 3 is 1.90 bits per heavy atom. The SMILES string of the molecule is C/C=C(/CCC1OC1(C)C)C[Si](OCC)(OCC)OCC. The fraction of sp³-hybridized carbons (Fsp3) is 0.875. The van der Waals surface area contributed by atoms with Crippen molar-refractivity contribution in [1.82, 2.24) is 0 Å². The molecule has 1 saturated heterocycles. The number of rotatable bonds is 11. The lowest BCUT2D eigenvalue weighted by Gasteiger charge is -2.29. The molecule has 0 aliphatic carbocycles. The Kier molecular flexibility index (Phi) is 7.57. The summed E-state index contributed by atoms with van der Waals surface area (Å²) < 4.78 is 23.4. The van der Waals surface area contributed by atoms with E-state index in [2.05, 4.69) is 26.8 Å². The minimum absolute atomic E-state index is 0.0626. The van der Waals surface area contributed by atoms with E-state index in [4.69, 9.17) is 18.0 Å². The third kappa shape index (κ3) is 5.83. The second-order valence-electron chi connectivity index (χ2n) is 5.85. The van der Waals surface area contributed by atoms with E-state index in [9.17, 15) is 0 Å². The van der Waals surface area contributed by atoms with Gasteiger partial charge >= 0.3 is 8.80 Å². The second-order valence-corrected chi connectivity index (χ2v) is 8.44. The minimum Gasteiger partial charge on any atom is -0.374 e. The molecule has 0 aromatic carbocycles. The first-order valence-corrected chi connectivity index (χ1v) is 10.1. The normalized spacial score (nSPS) is 21.6. The number of ether oxygens (including phenoxy) is 1. The van der Waals surface area contributed by atoms with Gasteiger partial charge in [0.1, 0.15) is 0 Å². The second kappa shape index (κ2) is 8.43. The lowest BCUT2D eigenvalue weighted by molar-refractivity contribution is 0.0733. The topological polar surface area (TPSA) is 40.2 Å². The van der Waals surface area contributed by atoms with Crippen molar-refractivity contribution in [3.8, 4) is 0 Å². The van der Waals surface area contributed by atoms with Gasteiger partial charge in [0.05, 0.1) is 11.7 Å². The Morgan fingerprint density at radius 1 is 1.10 bits per heavy atom. The largest absolute Gasteiger partial charge is 0.505 e. The fourth-order valence-corrected chi connectivity index (χ4v) is 5.42. The Hall–Kier alpha value is -0.203. The highest BCUT2D eigenvalue weighted by Crippen LogP contribution is 2.39. The van der Waals surface area contributed by atoms with Crippen LogP contribution >= 0.6 is 0 Å². The molecule has 0 bridgehead atoms. The summed E-state index contributed by atoms with van der Waals surface area (Å²) in [4.78, 5) is 0. The van der Waals surface area contributed by atoms with Crippen LogP contribution in [0.1, 0.15) is 54.4 Å². The van der Waals surface area contributed by atoms with Crippen LogP contribution in [0.25, 0.3) is 0 Å². The predicted octanol–water partition coefficient (Wildman–Crippen LogP) is 3.94. The highest BCUT2D eigenvalue weighted by molar-refractivity contribution is 6.61. The van der Waals surface area contributed by atoms with Gasteiger partial charge < -0.3 is 18.0 Å². The van der Waals surface area contributed by atoms with Gasteiger partial charge in [-0.3, -0.25) is 0 Å². The van der Waals surface area contributed by atoms with E-state index in [0.717, 1.165) is 18.9 Å². The van der Waals surface area contributed by atoms with Gasteiger partial charge in [0.2, 0.25) is 0 Å². The van der Waals surface area contributed by atoms with Crippen molar-refractivity contribution in [2.24, 2.45) is 0 Å². The molecule has 1 aliphatic heterocycles. The highest BCUT2D eigenvalue weighted by atomic mass is 28.4. The molecule has 0 aromatic heterocycles. The van der Waals surface area contributed by atoms with Crippen LogP contribution in [0.2, 0.25) is 6.04 Å². The molecule has 1 fully saturated rings. The Balaban J connectivity index is 2.60. The molecule has 1 heterocycles. The van der Waals surface area contributed by atoms with Crippen molar-refractivity contribution in [3.05, 3.63) is 11.6 Å². The zero-order valence-corrected chi connectivity index (χ0v) is 15.5. The van der Waals surface area contributed by atoms with Crippen LogP contribution in [0, 0.1) is 0 Å². The molecule has 1 aliphatic rings. The van der Waals surface area contributed by atoms with Gasteiger partial charge in [-0.2, -0.15) is 0 Å². The molecule has 0 amide bonds. The third-order valence-corrected chi connectivity index (χ3v) is 6.91. The van der Waals surface area contributed by atoms with Crippen LogP contribution in [0.3, 0.4) is 0 Å². The molecule has 124 valence electrons. The monoisotopic (exact) mass is 316 g/mol. The minimum atomic E-state index is -2.58. The maximum absolute atomic E-state index is 5.93. The van der Waals surface area contributed by atoms with Gasteiger partial charge in [-0.05, 0) is 54.4 Å². The van der Waals surface area contributed by atoms with E-state index in [1.807, 2.05) is 20.8 Å². The van der Waals surface area contributed by atoms with Gasteiger partial charge in [0.25, 0.3) is 0 Å². The summed E-state index contributed by atoms with van der Waals surface area (Å²) in [6, 6.07) is 0.784. The standard InChI is InChI=1S/C16H32O4Si/c1-7-14(11-12-15-16(5,6)20-15)13-21(17-8-2,18-9-3)19-10-4/h7,15H,8-13H2,1-6H3/b14-7-. The van der Waals surface area contributed by atoms with E-state index < -0.39 is 8.80 Å². The Bertz CT molecular complexity index is 324. The fourth-order valence-electron chi connectivity index (χ4n) is 2.61. The Labute approximate surface area is 131 Å². The van der Waals surface area contributed by atoms with Crippen LogP contribution in [-0.2, 0) is 18.0 Å². The average molecular weight is 317 g/mol. The van der Waals surface area contributed by atoms with Gasteiger partial charge in [0.15, 0.2) is 0 Å². The van der Waals surface area contributed by atoms with Crippen molar-refractivity contribution in [2.45, 2.75) is 72.1 Å². The van der Waals surface area contributed by atoms with Gasteiger partial charge in [-0.25, -0.2) is 0 Å². The van der Waals surface area contributed by atoms with Gasteiger partial charge in [0, 0.05) is 25.9 Å². The summed E-state index contributed by atoms with van der Waals surface area (Å²) in [5.41, 5.74) is 1.41. The zero-order valence-electron chi connectivity index (χ0n) is 14.5. The summed E-state index contributed by atoms with van der Waals surface area (Å²) in [6.07, 6.45) is 4.64. The van der Waals surface area contributed by atoms with Crippen molar-refractivity contribution >= 4 is 8.80 Å². The van der Waals surface area contributed by atoms with Crippen LogP contribution in [0.5, 0.6) is 0 Å². The molecular formula is C16H32O4Si. The van der Waals surface area contributed by atoms with Crippen molar-refractivity contribution < 1.29 is 18.0 Å². The Morgan fingerprint density at radius 2 is 1.57 bits per heavy atom. The number of hydrogen-bond acceptors (Lipinski definition) is 4. The summed E-state index contributed by atoms with van der Waals surface area (Å²) in [5.74, 6) is 0. The highest BCUT2D eigenvalue weighted by Gasteiger charge is 2.47. The van der Waals surface area contributed by atoms with Gasteiger partial charge in [-0.15, -0.1) is 0 Å². The third-order valence-electron chi connectivity index (χ3n) is 3.84. The van der Waals surface area contributed by atoms with Crippen LogP contribution < -0.4 is 0 Å². The van der Waals surface area contributed by atoms with Crippen molar-refractivity contribution in [2.75, 3.05) is 19.8 Å². The van der Waals surface area contributed by atoms with Crippen molar-refractivity contribution in [1.29, 1.82) is 0 Å². The van der Waals surface area contributed by atoms with Crippen LogP contribution in [0.4, 0.5) is 0 Å². The van der Waals surface area contributed by atoms with Crippen LogP contribution in [0.15, 0.2) is 11.6 Å². The first-order chi connectivity index (χ1) is 9.93. The van der Waals surface area contributed by atoms with E-state index in [1.54, 1.807) is 0 Å². The molecular weight excluding hydrogens is 284 g/mol. The molecule has 0 saturated carbocycles. The maximum Gasteiger partial charge on any atom is 0.505 e. The predicted molar refractivity (Wildman–Crippen MR) is 87.4 cm³/mol. The smallest absolute Gasteiger partial charge is 0.374 e. The maximum atomic E-state index is 5.93. The van der Waals surface area contributed by atoms with Crippen molar-refractivity contribution in [3.63, 3.8) is 0 Å². The van der Waals surface area contributed by atoms with E-state index in [1.165, 1.54) is 5.57 Å². The molecule has 1 unspecified atom stereocenters. The molecule has 0 N–H and O–H groups in total. The molecule has 0 radical (unpaired) electrons. The lowest BCUT2D eigenvalue weighted by atomic mass is 10.0. The molecule has 1 rings (SSSR count). The summed E-state index contributed by atoms with van der Waals surface area (Å²) in [5, 5.41) is 0. The number of allylic oxidation sites excluding steroid dienone is 2. The molecule has 4 nitrogen and oxygen atoms in total. The first-order valence-electron chi connectivity index (χ1n) is 8.16. The molecule has 21 heavy (non-hydrogen) atoms. The average Bonchev–Trinajstić information content (AvgIpc) is 3.03. The molecule has 1 atom stereocenters. The summed E-state index contributed by atoms with van der Waals surface area (Å²) >= 11 is 0. The van der Waals surface area contributed by atoms with Crippen LogP contribution in [-0.4, -0.2) is 40.3 Å². The summed E-state index contributed by atoms with van der Waals surface area (Å²) in [7, 11) is -2.58. The van der Waals surface area contributed by atoms with E-state index in [-0.39, 0.29) is 5.60 Å².